The van der Waals surface area contributed by atoms with Gasteiger partial charge >= 0.3 is 5.97 Å². The smallest absolute Gasteiger partial charge is 0.309 e. The van der Waals surface area contributed by atoms with Crippen molar-refractivity contribution in [1.29, 1.82) is 0 Å². The van der Waals surface area contributed by atoms with Crippen molar-refractivity contribution in [1.82, 2.24) is 14.9 Å². The van der Waals surface area contributed by atoms with Crippen molar-refractivity contribution in [2.45, 2.75) is 19.8 Å². The molecule has 0 radical (unpaired) electrons. The maximum Gasteiger partial charge on any atom is 0.309 e. The number of hydrogen-bond donors (Lipinski definition) is 0. The van der Waals surface area contributed by atoms with Crippen molar-refractivity contribution in [2.24, 2.45) is 5.92 Å². The molecule has 0 saturated carbocycles. The molecule has 1 aliphatic heterocycles. The number of nitrogens with zero attached hydrogens (tertiary/aromatic N) is 3. The largest absolute Gasteiger partial charge is 0.466 e. The Morgan fingerprint density at radius 2 is 1.93 bits per heavy atom. The quantitative estimate of drug-likeness (QED) is 0.647. The van der Waals surface area contributed by atoms with Crippen molar-refractivity contribution >= 4 is 23.0 Å². The van der Waals surface area contributed by atoms with Gasteiger partial charge in [-0.25, -0.2) is 4.98 Å². The summed E-state index contributed by atoms with van der Waals surface area (Å²) in [5.41, 5.74) is 2.66. The molecule has 1 aliphatic rings. The van der Waals surface area contributed by atoms with Crippen LogP contribution >= 0.6 is 0 Å². The lowest BCUT2D eigenvalue weighted by Crippen LogP contribution is -2.40. The first-order valence-corrected chi connectivity index (χ1v) is 9.42. The van der Waals surface area contributed by atoms with Crippen LogP contribution in [0.3, 0.4) is 0 Å². The van der Waals surface area contributed by atoms with E-state index in [0.717, 1.165) is 5.56 Å². The fourth-order valence-corrected chi connectivity index (χ4v) is 3.44. The third-order valence-electron chi connectivity index (χ3n) is 4.96. The average Bonchev–Trinajstić information content (AvgIpc) is 3.17. The second-order valence-electron chi connectivity index (χ2n) is 6.76. The molecular weight excluding hydrogens is 358 g/mol. The molecule has 3 heterocycles. The number of ether oxygens (including phenoxy) is 1. The molecule has 0 N–H and O–H groups in total. The van der Waals surface area contributed by atoms with Gasteiger partial charge in [-0.1, -0.05) is 0 Å². The van der Waals surface area contributed by atoms with Crippen LogP contribution < -0.4 is 0 Å². The van der Waals surface area contributed by atoms with Crippen LogP contribution in [0.25, 0.3) is 22.6 Å². The Morgan fingerprint density at radius 3 is 2.64 bits per heavy atom. The number of likely N-dealkylation sites (tertiary alicyclic amines) is 1. The van der Waals surface area contributed by atoms with Crippen LogP contribution in [0.4, 0.5) is 0 Å². The van der Waals surface area contributed by atoms with Gasteiger partial charge in [-0.2, -0.15) is 0 Å². The minimum absolute atomic E-state index is 0.0638. The van der Waals surface area contributed by atoms with E-state index >= 15 is 0 Å². The number of pyridine rings is 1. The molecule has 0 bridgehead atoms. The van der Waals surface area contributed by atoms with Crippen molar-refractivity contribution < 1.29 is 18.7 Å². The number of esters is 1. The van der Waals surface area contributed by atoms with Crippen LogP contribution in [-0.4, -0.2) is 46.4 Å². The molecule has 28 heavy (non-hydrogen) atoms. The standard InChI is InChI=1S/C21H21N3O4/c1-2-27-21(26)15-7-11-24(12-8-15)20(25)16-3-4-17-18(13-16)28-19(23-17)14-5-9-22-10-6-14/h3-6,9-10,13,15H,2,7-8,11-12H2,1H3. The molecular formula is C21H21N3O4. The fourth-order valence-electron chi connectivity index (χ4n) is 3.44. The second kappa shape index (κ2) is 7.80. The number of benzene rings is 1. The Kier molecular flexibility index (Phi) is 5.06. The van der Waals surface area contributed by atoms with E-state index in [1.165, 1.54) is 0 Å². The van der Waals surface area contributed by atoms with Crippen molar-refractivity contribution in [2.75, 3.05) is 19.7 Å². The number of oxazole rings is 1. The molecule has 1 saturated heterocycles. The van der Waals surface area contributed by atoms with E-state index in [0.29, 0.717) is 55.1 Å². The summed E-state index contributed by atoms with van der Waals surface area (Å²) in [6, 6.07) is 8.94. The SMILES string of the molecule is CCOC(=O)C1CCN(C(=O)c2ccc3nc(-c4ccncc4)oc3c2)CC1. The topological polar surface area (TPSA) is 85.5 Å². The van der Waals surface area contributed by atoms with Gasteiger partial charge in [0, 0.05) is 36.6 Å². The zero-order valence-electron chi connectivity index (χ0n) is 15.6. The number of carbonyl (C=O) groups is 2. The highest BCUT2D eigenvalue weighted by Gasteiger charge is 2.28. The van der Waals surface area contributed by atoms with Crippen LogP contribution in [-0.2, 0) is 9.53 Å². The molecule has 2 aromatic heterocycles. The first kappa shape index (κ1) is 18.2. The lowest BCUT2D eigenvalue weighted by atomic mass is 9.96. The highest BCUT2D eigenvalue weighted by Crippen LogP contribution is 2.26. The monoisotopic (exact) mass is 379 g/mol. The summed E-state index contributed by atoms with van der Waals surface area (Å²) in [6.07, 6.45) is 4.61. The lowest BCUT2D eigenvalue weighted by molar-refractivity contribution is -0.149. The molecule has 0 atom stereocenters. The zero-order valence-corrected chi connectivity index (χ0v) is 15.6. The van der Waals surface area contributed by atoms with Crippen LogP contribution in [0.2, 0.25) is 0 Å². The van der Waals surface area contributed by atoms with Crippen molar-refractivity contribution in [3.05, 3.63) is 48.3 Å². The highest BCUT2D eigenvalue weighted by molar-refractivity contribution is 5.97. The van der Waals surface area contributed by atoms with Gasteiger partial charge in [0.1, 0.15) is 5.52 Å². The van der Waals surface area contributed by atoms with Gasteiger partial charge in [0.15, 0.2) is 5.58 Å². The fraction of sp³-hybridized carbons (Fsp3) is 0.333. The number of aromatic nitrogens is 2. The lowest BCUT2D eigenvalue weighted by Gasteiger charge is -2.30. The summed E-state index contributed by atoms with van der Waals surface area (Å²) in [5, 5.41) is 0. The molecule has 1 fully saturated rings. The van der Waals surface area contributed by atoms with Crippen LogP contribution in [0, 0.1) is 5.92 Å². The summed E-state index contributed by atoms with van der Waals surface area (Å²) in [6.45, 7) is 3.27. The van der Waals surface area contributed by atoms with Gasteiger partial charge < -0.3 is 14.1 Å². The first-order valence-electron chi connectivity index (χ1n) is 9.42. The average molecular weight is 379 g/mol. The van der Waals surface area contributed by atoms with Gasteiger partial charge in [0.05, 0.1) is 12.5 Å². The van der Waals surface area contributed by atoms with E-state index < -0.39 is 0 Å². The number of amides is 1. The van der Waals surface area contributed by atoms with Gasteiger partial charge in [0.2, 0.25) is 5.89 Å². The van der Waals surface area contributed by atoms with Crippen LogP contribution in [0.15, 0.2) is 47.1 Å². The Hall–Kier alpha value is -3.22. The van der Waals surface area contributed by atoms with Gasteiger partial charge in [-0.3, -0.25) is 14.6 Å². The number of carbonyl (C=O) groups excluding carboxylic acids is 2. The van der Waals surface area contributed by atoms with Crippen LogP contribution in [0.5, 0.6) is 0 Å². The molecule has 1 amide bonds. The van der Waals surface area contributed by atoms with Gasteiger partial charge in [-0.05, 0) is 50.1 Å². The molecule has 1 aromatic carbocycles. The predicted molar refractivity (Wildman–Crippen MR) is 103 cm³/mol. The number of rotatable bonds is 4. The van der Waals surface area contributed by atoms with E-state index in [-0.39, 0.29) is 17.8 Å². The molecule has 144 valence electrons. The Labute approximate surface area is 162 Å². The Balaban J connectivity index is 1.48. The Morgan fingerprint density at radius 1 is 1.18 bits per heavy atom. The third-order valence-corrected chi connectivity index (χ3v) is 4.96. The molecule has 7 nitrogen and oxygen atoms in total. The molecule has 0 spiro atoms. The summed E-state index contributed by atoms with van der Waals surface area (Å²) in [7, 11) is 0. The number of fused-ring (bicyclic) bond motifs is 1. The van der Waals surface area contributed by atoms with E-state index in [1.807, 2.05) is 12.1 Å². The number of hydrogen-bond acceptors (Lipinski definition) is 6. The van der Waals surface area contributed by atoms with Crippen LogP contribution in [0.1, 0.15) is 30.1 Å². The maximum absolute atomic E-state index is 12.9. The van der Waals surface area contributed by atoms with E-state index in [4.69, 9.17) is 9.15 Å². The number of piperidine rings is 1. The van der Waals surface area contributed by atoms with E-state index in [9.17, 15) is 9.59 Å². The third kappa shape index (κ3) is 3.60. The minimum atomic E-state index is -0.165. The molecule has 4 rings (SSSR count). The zero-order chi connectivity index (χ0) is 19.5. The summed E-state index contributed by atoms with van der Waals surface area (Å²) in [4.78, 5) is 35.0. The normalized spacial score (nSPS) is 15.0. The van der Waals surface area contributed by atoms with Crippen molar-refractivity contribution in [3.8, 4) is 11.5 Å². The van der Waals surface area contributed by atoms with Gasteiger partial charge in [0.25, 0.3) is 5.91 Å². The molecule has 3 aromatic rings. The van der Waals surface area contributed by atoms with Crippen molar-refractivity contribution in [3.63, 3.8) is 0 Å². The van der Waals surface area contributed by atoms with E-state index in [2.05, 4.69) is 9.97 Å². The second-order valence-corrected chi connectivity index (χ2v) is 6.76. The Bertz CT molecular complexity index is 991. The summed E-state index contributed by atoms with van der Waals surface area (Å²) in [5.74, 6) is 0.147. The highest BCUT2D eigenvalue weighted by atomic mass is 16.5. The summed E-state index contributed by atoms with van der Waals surface area (Å²) >= 11 is 0. The predicted octanol–water partition coefficient (Wildman–Crippen LogP) is 3.31. The summed E-state index contributed by atoms with van der Waals surface area (Å²) < 4.78 is 10.9. The molecule has 0 aliphatic carbocycles. The van der Waals surface area contributed by atoms with E-state index in [1.54, 1.807) is 42.4 Å². The van der Waals surface area contributed by atoms with Gasteiger partial charge in [-0.15, -0.1) is 0 Å². The molecule has 7 heteroatoms. The molecule has 0 unspecified atom stereocenters. The maximum atomic E-state index is 12.9. The minimum Gasteiger partial charge on any atom is -0.466 e. The first-order chi connectivity index (χ1) is 13.7.